The third-order valence-corrected chi connectivity index (χ3v) is 4.77. The number of carboxylic acid groups (broad SMARTS) is 1. The van der Waals surface area contributed by atoms with Gasteiger partial charge in [0.2, 0.25) is 0 Å². The molecule has 2 N–H and O–H groups in total. The Labute approximate surface area is 146 Å². The summed E-state index contributed by atoms with van der Waals surface area (Å²) >= 11 is 1.24. The van der Waals surface area contributed by atoms with Crippen molar-refractivity contribution in [2.45, 2.75) is 18.9 Å². The Bertz CT molecular complexity index is 848. The number of aliphatic imine (C=N–C) groups is 1. The van der Waals surface area contributed by atoms with E-state index in [1.807, 2.05) is 0 Å². The first-order valence-corrected chi connectivity index (χ1v) is 8.35. The second kappa shape index (κ2) is 6.75. The van der Waals surface area contributed by atoms with Crippen molar-refractivity contribution in [3.63, 3.8) is 0 Å². The molecule has 0 saturated carbocycles. The summed E-state index contributed by atoms with van der Waals surface area (Å²) in [7, 11) is 0. The minimum Gasteiger partial charge on any atom is -0.465 e. The number of benzene rings is 1. The zero-order valence-corrected chi connectivity index (χ0v) is 14.0. The van der Waals surface area contributed by atoms with Gasteiger partial charge in [-0.25, -0.2) is 23.5 Å². The van der Waals surface area contributed by atoms with Crippen LogP contribution in [-0.4, -0.2) is 32.1 Å². The van der Waals surface area contributed by atoms with Crippen LogP contribution < -0.4 is 5.32 Å². The number of rotatable bonds is 2. The van der Waals surface area contributed by atoms with E-state index < -0.39 is 23.3 Å². The molecule has 0 aliphatic carbocycles. The molecule has 130 valence electrons. The lowest BCUT2D eigenvalue weighted by molar-refractivity contribution is 0.200. The molecule has 3 rings (SSSR count). The Balaban J connectivity index is 2.09. The van der Waals surface area contributed by atoms with Gasteiger partial charge in [0.25, 0.3) is 0 Å². The van der Waals surface area contributed by atoms with E-state index in [0.717, 1.165) is 6.07 Å². The van der Waals surface area contributed by atoms with Crippen LogP contribution in [0.4, 0.5) is 13.6 Å². The number of aromatic nitrogens is 2. The lowest BCUT2D eigenvalue weighted by atomic mass is 9.87. The number of halogens is 2. The fourth-order valence-corrected chi connectivity index (χ4v) is 3.75. The van der Waals surface area contributed by atoms with Gasteiger partial charge < -0.3 is 5.11 Å². The quantitative estimate of drug-likeness (QED) is 0.853. The number of nitrogens with one attached hydrogen (secondary N) is 1. The highest BCUT2D eigenvalue weighted by molar-refractivity contribution is 8.13. The smallest absolute Gasteiger partial charge is 0.410 e. The number of thioether (sulfide) groups is 1. The molecule has 0 unspecified atom stereocenters. The van der Waals surface area contributed by atoms with Crippen molar-refractivity contribution < 1.29 is 18.7 Å². The Morgan fingerprint density at radius 2 is 2.00 bits per heavy atom. The summed E-state index contributed by atoms with van der Waals surface area (Å²) in [5.74, 6) is -0.903. The van der Waals surface area contributed by atoms with Gasteiger partial charge in [0.15, 0.2) is 5.17 Å². The highest BCUT2D eigenvalue weighted by Gasteiger charge is 2.34. The molecule has 6 nitrogen and oxygen atoms in total. The van der Waals surface area contributed by atoms with E-state index >= 15 is 0 Å². The molecule has 1 atom stereocenters. The van der Waals surface area contributed by atoms with E-state index in [9.17, 15) is 13.6 Å². The van der Waals surface area contributed by atoms with Crippen molar-refractivity contribution in [3.8, 4) is 11.1 Å². The molecule has 0 spiro atoms. The van der Waals surface area contributed by atoms with Crippen molar-refractivity contribution in [1.82, 2.24) is 15.3 Å². The van der Waals surface area contributed by atoms with Crippen LogP contribution >= 0.6 is 11.8 Å². The minimum atomic E-state index is -1.24. The number of amides is 1. The topological polar surface area (TPSA) is 87.5 Å². The van der Waals surface area contributed by atoms with Crippen LogP contribution in [0.25, 0.3) is 11.1 Å². The van der Waals surface area contributed by atoms with Crippen molar-refractivity contribution >= 4 is 23.0 Å². The summed E-state index contributed by atoms with van der Waals surface area (Å²) < 4.78 is 28.7. The largest absolute Gasteiger partial charge is 0.465 e. The van der Waals surface area contributed by atoms with Crippen LogP contribution in [0.1, 0.15) is 18.9 Å². The van der Waals surface area contributed by atoms with Crippen molar-refractivity contribution in [2.75, 3.05) is 5.75 Å². The molecule has 1 aromatic carbocycles. The molecule has 2 heterocycles. The second-order valence-electron chi connectivity index (χ2n) is 5.66. The highest BCUT2D eigenvalue weighted by atomic mass is 32.2. The van der Waals surface area contributed by atoms with Crippen LogP contribution in [0.2, 0.25) is 0 Å². The minimum absolute atomic E-state index is 0.166. The molecular weight excluding hydrogens is 350 g/mol. The number of hydrogen-bond acceptors (Lipinski definition) is 5. The first-order chi connectivity index (χ1) is 11.9. The molecule has 1 aliphatic heterocycles. The van der Waals surface area contributed by atoms with Gasteiger partial charge >= 0.3 is 6.09 Å². The van der Waals surface area contributed by atoms with Crippen LogP contribution in [-0.2, 0) is 5.54 Å². The van der Waals surface area contributed by atoms with Gasteiger partial charge in [-0.1, -0.05) is 11.8 Å². The second-order valence-corrected chi connectivity index (χ2v) is 6.74. The standard InChI is InChI=1S/C16H14F2N4O2S/c1-16(2-3-25-14(22-16)21-15(23)24)11-4-10(12(17)5-13(11)18)9-6-19-8-20-7-9/h4-8H,2-3H2,1H3,(H,21,22)(H,23,24)/t16-/m0/s1. The molecule has 0 radical (unpaired) electrons. The normalized spacial score (nSPS) is 20.0. The highest BCUT2D eigenvalue weighted by Crippen LogP contribution is 2.39. The molecule has 1 amide bonds. The summed E-state index contributed by atoms with van der Waals surface area (Å²) in [5, 5.41) is 11.2. The maximum Gasteiger partial charge on any atom is 0.410 e. The SMILES string of the molecule is C[C@@]1(c2cc(-c3cncnc3)c(F)cc2F)CCSC(NC(=O)O)=N1. The Morgan fingerprint density at radius 3 is 2.68 bits per heavy atom. The lowest BCUT2D eigenvalue weighted by Gasteiger charge is -2.31. The Hall–Kier alpha value is -2.55. The molecular formula is C16H14F2N4O2S. The maximum atomic E-state index is 14.5. The molecule has 9 heteroatoms. The molecule has 2 aromatic rings. The summed E-state index contributed by atoms with van der Waals surface area (Å²) in [6.45, 7) is 1.69. The molecule has 0 fully saturated rings. The summed E-state index contributed by atoms with van der Waals surface area (Å²) in [4.78, 5) is 22.9. The van der Waals surface area contributed by atoms with Crippen LogP contribution in [0, 0.1) is 11.6 Å². The third kappa shape index (κ3) is 3.60. The zero-order chi connectivity index (χ0) is 18.0. The number of carbonyl (C=O) groups is 1. The summed E-state index contributed by atoms with van der Waals surface area (Å²) in [6.07, 6.45) is 3.44. The van der Waals surface area contributed by atoms with Gasteiger partial charge in [-0.2, -0.15) is 0 Å². The van der Waals surface area contributed by atoms with Gasteiger partial charge in [0, 0.05) is 40.9 Å². The van der Waals surface area contributed by atoms with Gasteiger partial charge in [0.05, 0.1) is 5.54 Å². The van der Waals surface area contributed by atoms with Crippen molar-refractivity contribution in [1.29, 1.82) is 0 Å². The van der Waals surface area contributed by atoms with E-state index in [-0.39, 0.29) is 16.3 Å². The average molecular weight is 364 g/mol. The molecule has 0 bridgehead atoms. The van der Waals surface area contributed by atoms with Crippen molar-refractivity contribution in [2.24, 2.45) is 4.99 Å². The van der Waals surface area contributed by atoms with Crippen LogP contribution in [0.15, 0.2) is 35.8 Å². The fraction of sp³-hybridized carbons (Fsp3) is 0.250. The maximum absolute atomic E-state index is 14.5. The predicted molar refractivity (Wildman–Crippen MR) is 90.4 cm³/mol. The first-order valence-electron chi connectivity index (χ1n) is 7.36. The summed E-state index contributed by atoms with van der Waals surface area (Å²) in [6, 6.07) is 2.20. The number of nitrogens with zero attached hydrogens (tertiary/aromatic N) is 3. The van der Waals surface area contributed by atoms with E-state index in [1.54, 1.807) is 6.92 Å². The van der Waals surface area contributed by atoms with Crippen LogP contribution in [0.3, 0.4) is 0 Å². The van der Waals surface area contributed by atoms with Gasteiger partial charge in [-0.3, -0.25) is 10.3 Å². The third-order valence-electron chi connectivity index (χ3n) is 3.90. The fourth-order valence-electron chi connectivity index (χ4n) is 2.63. The number of amidine groups is 1. The molecule has 1 aromatic heterocycles. The van der Waals surface area contributed by atoms with Gasteiger partial charge in [-0.15, -0.1) is 0 Å². The summed E-state index contributed by atoms with van der Waals surface area (Å²) in [5.41, 5.74) is -0.231. The Morgan fingerprint density at radius 1 is 1.28 bits per heavy atom. The van der Waals surface area contributed by atoms with E-state index in [0.29, 0.717) is 17.7 Å². The van der Waals surface area contributed by atoms with Gasteiger partial charge in [-0.05, 0) is 19.4 Å². The lowest BCUT2D eigenvalue weighted by Crippen LogP contribution is -2.35. The van der Waals surface area contributed by atoms with E-state index in [1.165, 1.54) is 36.5 Å². The first kappa shape index (κ1) is 17.3. The zero-order valence-electron chi connectivity index (χ0n) is 13.2. The van der Waals surface area contributed by atoms with E-state index in [2.05, 4.69) is 20.3 Å². The van der Waals surface area contributed by atoms with E-state index in [4.69, 9.17) is 5.11 Å². The Kier molecular flexibility index (Phi) is 4.67. The van der Waals surface area contributed by atoms with Crippen molar-refractivity contribution in [3.05, 3.63) is 48.1 Å². The predicted octanol–water partition coefficient (Wildman–Crippen LogP) is 3.40. The molecule has 1 aliphatic rings. The molecule has 0 saturated heterocycles. The van der Waals surface area contributed by atoms with Crippen LogP contribution in [0.5, 0.6) is 0 Å². The number of hydrogen-bond donors (Lipinski definition) is 2. The van der Waals surface area contributed by atoms with Gasteiger partial charge in [0.1, 0.15) is 18.0 Å². The molecule has 25 heavy (non-hydrogen) atoms. The average Bonchev–Trinajstić information content (AvgIpc) is 2.55. The monoisotopic (exact) mass is 364 g/mol.